The van der Waals surface area contributed by atoms with Gasteiger partial charge in [0.15, 0.2) is 6.39 Å². The van der Waals surface area contributed by atoms with Crippen molar-refractivity contribution in [2.24, 2.45) is 0 Å². The van der Waals surface area contributed by atoms with E-state index >= 15 is 0 Å². The molecule has 1 saturated carbocycles. The summed E-state index contributed by atoms with van der Waals surface area (Å²) in [5.74, 6) is 1.12. The average molecular weight is 388 g/mol. The lowest BCUT2D eigenvalue weighted by Gasteiger charge is -2.13. The Kier molecular flexibility index (Phi) is 4.08. The van der Waals surface area contributed by atoms with Gasteiger partial charge in [-0.15, -0.1) is 0 Å². The molecule has 4 aromatic rings. The molecule has 1 fully saturated rings. The van der Waals surface area contributed by atoms with Crippen molar-refractivity contribution in [2.75, 3.05) is 0 Å². The Hall–Kier alpha value is -3.61. The van der Waals surface area contributed by atoms with E-state index < -0.39 is 0 Å². The van der Waals surface area contributed by atoms with Gasteiger partial charge in [-0.3, -0.25) is 9.36 Å². The SMILES string of the molecule is Cc1ocnc1-c1cc(F)ccc1-c1cc(C2CC2)nc(-n2cnccc2=O)c1. The van der Waals surface area contributed by atoms with Gasteiger partial charge in [0.1, 0.15) is 29.4 Å². The van der Waals surface area contributed by atoms with Gasteiger partial charge in [0, 0.05) is 29.4 Å². The van der Waals surface area contributed by atoms with Crippen molar-refractivity contribution in [1.82, 2.24) is 19.5 Å². The van der Waals surface area contributed by atoms with Gasteiger partial charge in [-0.25, -0.2) is 19.3 Å². The van der Waals surface area contributed by atoms with Crippen LogP contribution >= 0.6 is 0 Å². The maximum Gasteiger partial charge on any atom is 0.259 e. The van der Waals surface area contributed by atoms with Crippen LogP contribution in [-0.4, -0.2) is 19.5 Å². The van der Waals surface area contributed by atoms with E-state index in [1.54, 1.807) is 13.0 Å². The van der Waals surface area contributed by atoms with Crippen LogP contribution in [0.3, 0.4) is 0 Å². The first-order chi connectivity index (χ1) is 14.1. The molecule has 29 heavy (non-hydrogen) atoms. The molecule has 0 spiro atoms. The predicted octanol–water partition coefficient (Wildman–Crippen LogP) is 4.27. The first kappa shape index (κ1) is 17.5. The van der Waals surface area contributed by atoms with Crippen molar-refractivity contribution in [3.63, 3.8) is 0 Å². The summed E-state index contributed by atoms with van der Waals surface area (Å²) in [5, 5.41) is 0. The third-order valence-electron chi connectivity index (χ3n) is 5.09. The molecule has 1 aromatic carbocycles. The molecule has 0 aliphatic heterocycles. The maximum absolute atomic E-state index is 14.1. The minimum absolute atomic E-state index is 0.210. The smallest absolute Gasteiger partial charge is 0.259 e. The largest absolute Gasteiger partial charge is 0.448 e. The first-order valence-corrected chi connectivity index (χ1v) is 9.35. The van der Waals surface area contributed by atoms with Crippen LogP contribution in [0.25, 0.3) is 28.2 Å². The van der Waals surface area contributed by atoms with Crippen molar-refractivity contribution in [3.8, 4) is 28.2 Å². The van der Waals surface area contributed by atoms with Gasteiger partial charge in [0.2, 0.25) is 0 Å². The second kappa shape index (κ2) is 6.77. The Balaban J connectivity index is 1.74. The van der Waals surface area contributed by atoms with E-state index in [9.17, 15) is 9.18 Å². The van der Waals surface area contributed by atoms with Crippen LogP contribution < -0.4 is 5.56 Å². The maximum atomic E-state index is 14.1. The molecule has 144 valence electrons. The minimum atomic E-state index is -0.355. The number of oxazole rings is 1. The minimum Gasteiger partial charge on any atom is -0.448 e. The molecular weight excluding hydrogens is 371 g/mol. The van der Waals surface area contributed by atoms with Crippen LogP contribution in [0, 0.1) is 12.7 Å². The number of hydrogen-bond donors (Lipinski definition) is 0. The monoisotopic (exact) mass is 388 g/mol. The van der Waals surface area contributed by atoms with Crippen molar-refractivity contribution >= 4 is 0 Å². The summed E-state index contributed by atoms with van der Waals surface area (Å²) in [6.45, 7) is 1.79. The van der Waals surface area contributed by atoms with Crippen LogP contribution in [-0.2, 0) is 0 Å². The van der Waals surface area contributed by atoms with Gasteiger partial charge in [-0.1, -0.05) is 6.07 Å². The summed E-state index contributed by atoms with van der Waals surface area (Å²) in [6, 6.07) is 9.82. The number of pyridine rings is 1. The Labute approximate surface area is 165 Å². The summed E-state index contributed by atoms with van der Waals surface area (Å²) in [7, 11) is 0. The topological polar surface area (TPSA) is 73.8 Å². The van der Waals surface area contributed by atoms with Crippen LogP contribution in [0.1, 0.15) is 30.2 Å². The van der Waals surface area contributed by atoms with Crippen molar-refractivity contribution < 1.29 is 8.81 Å². The number of hydrogen-bond acceptors (Lipinski definition) is 5. The summed E-state index contributed by atoms with van der Waals surface area (Å²) in [5.41, 5.74) is 3.56. The first-order valence-electron chi connectivity index (χ1n) is 9.35. The second-order valence-corrected chi connectivity index (χ2v) is 7.15. The van der Waals surface area contributed by atoms with Crippen molar-refractivity contribution in [1.29, 1.82) is 0 Å². The zero-order valence-corrected chi connectivity index (χ0v) is 15.7. The van der Waals surface area contributed by atoms with E-state index in [1.807, 2.05) is 12.1 Å². The third-order valence-corrected chi connectivity index (χ3v) is 5.09. The highest BCUT2D eigenvalue weighted by Gasteiger charge is 2.27. The molecule has 0 saturated heterocycles. The lowest BCUT2D eigenvalue weighted by molar-refractivity contribution is 0.527. The van der Waals surface area contributed by atoms with Crippen LogP contribution in [0.4, 0.5) is 4.39 Å². The highest BCUT2D eigenvalue weighted by Crippen LogP contribution is 2.42. The standard InChI is InChI=1S/C22H17FN4O2/c1-13-22(25-12-29-13)18-10-16(23)4-5-17(18)15-8-19(14-2-3-14)26-20(9-15)27-11-24-7-6-21(27)28/h4-12,14H,2-3H2,1H3. The summed E-state index contributed by atoms with van der Waals surface area (Å²) in [6.07, 6.45) is 6.39. The van der Waals surface area contributed by atoms with E-state index in [2.05, 4.69) is 9.97 Å². The molecule has 0 unspecified atom stereocenters. The van der Waals surface area contributed by atoms with E-state index in [-0.39, 0.29) is 11.4 Å². The van der Waals surface area contributed by atoms with Crippen LogP contribution in [0.2, 0.25) is 0 Å². The lowest BCUT2D eigenvalue weighted by atomic mass is 9.96. The molecule has 0 bridgehead atoms. The lowest BCUT2D eigenvalue weighted by Crippen LogP contribution is -2.18. The predicted molar refractivity (Wildman–Crippen MR) is 105 cm³/mol. The van der Waals surface area contributed by atoms with Crippen LogP contribution in [0.5, 0.6) is 0 Å². The van der Waals surface area contributed by atoms with Gasteiger partial charge < -0.3 is 4.42 Å². The van der Waals surface area contributed by atoms with Gasteiger partial charge in [-0.2, -0.15) is 0 Å². The van der Waals surface area contributed by atoms with Crippen LogP contribution in [0.15, 0.2) is 64.5 Å². The molecule has 7 heteroatoms. The van der Waals surface area contributed by atoms with Gasteiger partial charge in [0.25, 0.3) is 5.56 Å². The molecule has 0 radical (unpaired) electrons. The van der Waals surface area contributed by atoms with Crippen molar-refractivity contribution in [2.45, 2.75) is 25.7 Å². The third kappa shape index (κ3) is 3.24. The molecule has 1 aliphatic rings. The molecule has 6 nitrogen and oxygen atoms in total. The quantitative estimate of drug-likeness (QED) is 0.522. The van der Waals surface area contributed by atoms with E-state index in [0.717, 1.165) is 29.7 Å². The fraction of sp³-hybridized carbons (Fsp3) is 0.182. The molecule has 0 atom stereocenters. The number of benzene rings is 1. The summed E-state index contributed by atoms with van der Waals surface area (Å²) < 4.78 is 20.8. The fourth-order valence-electron chi connectivity index (χ4n) is 3.45. The molecular formula is C22H17FN4O2. The Morgan fingerprint density at radius 1 is 1.14 bits per heavy atom. The number of aromatic nitrogens is 4. The average Bonchev–Trinajstić information content (AvgIpc) is 3.49. The Bertz CT molecular complexity index is 1270. The zero-order valence-electron chi connectivity index (χ0n) is 15.7. The number of nitrogens with zero attached hydrogens (tertiary/aromatic N) is 4. The van der Waals surface area contributed by atoms with Gasteiger partial charge in [-0.05, 0) is 55.2 Å². The number of halogens is 1. The second-order valence-electron chi connectivity index (χ2n) is 7.15. The molecule has 0 amide bonds. The summed E-state index contributed by atoms with van der Waals surface area (Å²) in [4.78, 5) is 25.3. The molecule has 0 N–H and O–H groups in total. The Morgan fingerprint density at radius 3 is 2.72 bits per heavy atom. The highest BCUT2D eigenvalue weighted by molar-refractivity contribution is 5.83. The molecule has 3 aromatic heterocycles. The van der Waals surface area contributed by atoms with Gasteiger partial charge >= 0.3 is 0 Å². The van der Waals surface area contributed by atoms with E-state index in [4.69, 9.17) is 9.40 Å². The van der Waals surface area contributed by atoms with E-state index in [1.165, 1.54) is 41.7 Å². The van der Waals surface area contributed by atoms with E-state index in [0.29, 0.717) is 28.8 Å². The fourth-order valence-corrected chi connectivity index (χ4v) is 3.45. The Morgan fingerprint density at radius 2 is 2.00 bits per heavy atom. The van der Waals surface area contributed by atoms with Gasteiger partial charge in [0.05, 0.1) is 0 Å². The highest BCUT2D eigenvalue weighted by atomic mass is 19.1. The number of aryl methyl sites for hydroxylation is 1. The number of rotatable bonds is 4. The molecule has 3 heterocycles. The van der Waals surface area contributed by atoms with Crippen molar-refractivity contribution in [3.05, 3.63) is 82.9 Å². The zero-order chi connectivity index (χ0) is 20.0. The normalized spacial score (nSPS) is 13.6. The molecule has 5 rings (SSSR count). The molecule has 1 aliphatic carbocycles. The summed E-state index contributed by atoms with van der Waals surface area (Å²) >= 11 is 0.